The maximum Gasteiger partial charge on any atom is 0.325 e. The third-order valence-electron chi connectivity index (χ3n) is 5.24. The summed E-state index contributed by atoms with van der Waals surface area (Å²) in [5, 5.41) is 12.5. The molecule has 32 heavy (non-hydrogen) atoms. The minimum absolute atomic E-state index is 0.183. The highest BCUT2D eigenvalue weighted by Gasteiger charge is 2.08. The molecule has 0 aliphatic carbocycles. The lowest BCUT2D eigenvalue weighted by Gasteiger charge is -2.17. The van der Waals surface area contributed by atoms with Crippen molar-refractivity contribution >= 4 is 40.2 Å². The van der Waals surface area contributed by atoms with Gasteiger partial charge in [-0.25, -0.2) is 14.6 Å². The van der Waals surface area contributed by atoms with E-state index in [-0.39, 0.29) is 12.1 Å². The van der Waals surface area contributed by atoms with Gasteiger partial charge in [0.05, 0.1) is 5.52 Å². The molecule has 0 aliphatic rings. The number of amides is 3. The van der Waals surface area contributed by atoms with Gasteiger partial charge in [-0.3, -0.25) is 9.88 Å². The van der Waals surface area contributed by atoms with E-state index in [0.717, 1.165) is 48.3 Å². The van der Waals surface area contributed by atoms with E-state index in [4.69, 9.17) is 0 Å². The highest BCUT2D eigenvalue weighted by molar-refractivity contribution is 5.93. The van der Waals surface area contributed by atoms with Crippen molar-refractivity contribution in [1.29, 1.82) is 0 Å². The summed E-state index contributed by atoms with van der Waals surface area (Å²) in [6.07, 6.45) is 4.27. The molecule has 0 atom stereocenters. The number of nitrogens with one attached hydrogen (secondary N) is 4. The van der Waals surface area contributed by atoms with Crippen LogP contribution in [-0.4, -0.2) is 59.7 Å². The average molecular weight is 438 g/mol. The zero-order chi connectivity index (χ0) is 22.9. The van der Waals surface area contributed by atoms with Gasteiger partial charge in [-0.1, -0.05) is 13.8 Å². The average Bonchev–Trinajstić information content (AvgIpc) is 3.22. The number of anilines is 3. The lowest BCUT2D eigenvalue weighted by molar-refractivity contribution is 0.245. The number of urea groups is 1. The van der Waals surface area contributed by atoms with Crippen molar-refractivity contribution < 1.29 is 9.59 Å². The van der Waals surface area contributed by atoms with Gasteiger partial charge in [-0.2, -0.15) is 0 Å². The zero-order valence-corrected chi connectivity index (χ0v) is 18.8. The molecule has 2 heterocycles. The van der Waals surface area contributed by atoms with Crippen LogP contribution in [0.25, 0.3) is 10.9 Å². The molecule has 0 saturated heterocycles. The van der Waals surface area contributed by atoms with Crippen molar-refractivity contribution in [2.75, 3.05) is 43.9 Å². The highest BCUT2D eigenvalue weighted by Crippen LogP contribution is 2.24. The highest BCUT2D eigenvalue weighted by atomic mass is 16.2. The monoisotopic (exact) mass is 437 g/mol. The summed E-state index contributed by atoms with van der Waals surface area (Å²) in [7, 11) is 1.60. The normalized spacial score (nSPS) is 10.9. The number of fused-ring (bicyclic) bond motifs is 1. The number of aromatic nitrogens is 2. The molecule has 0 unspecified atom stereocenters. The number of hydrogen-bond acceptors (Lipinski definition) is 5. The summed E-state index contributed by atoms with van der Waals surface area (Å²) in [4.78, 5) is 30.6. The van der Waals surface area contributed by atoms with Gasteiger partial charge in [0.2, 0.25) is 0 Å². The lowest BCUT2D eigenvalue weighted by atomic mass is 10.2. The number of carbonyl (C=O) groups is 2. The first-order valence-electron chi connectivity index (χ1n) is 10.9. The molecule has 3 amide bonds. The third kappa shape index (κ3) is 5.98. The number of carbonyl (C=O) groups excluding carboxylic acids is 2. The van der Waals surface area contributed by atoms with Crippen molar-refractivity contribution in [3.63, 3.8) is 0 Å². The van der Waals surface area contributed by atoms with Gasteiger partial charge in [0.25, 0.3) is 0 Å². The van der Waals surface area contributed by atoms with Crippen LogP contribution in [-0.2, 0) is 0 Å². The van der Waals surface area contributed by atoms with E-state index in [1.165, 1.54) is 0 Å². The Morgan fingerprint density at radius 3 is 2.59 bits per heavy atom. The van der Waals surface area contributed by atoms with E-state index < -0.39 is 0 Å². The van der Waals surface area contributed by atoms with Crippen LogP contribution in [0.3, 0.4) is 0 Å². The van der Waals surface area contributed by atoms with Gasteiger partial charge in [-0.15, -0.1) is 0 Å². The predicted octanol–water partition coefficient (Wildman–Crippen LogP) is 3.82. The Morgan fingerprint density at radius 2 is 1.84 bits per heavy atom. The zero-order valence-electron chi connectivity index (χ0n) is 18.8. The molecule has 9 heteroatoms. The number of rotatable bonds is 9. The first-order valence-corrected chi connectivity index (χ1v) is 10.9. The molecular weight excluding hydrogens is 406 g/mol. The third-order valence-corrected chi connectivity index (χ3v) is 5.24. The molecule has 9 nitrogen and oxygen atoms in total. The Balaban J connectivity index is 1.56. The van der Waals surface area contributed by atoms with Crippen molar-refractivity contribution in [2.45, 2.75) is 20.3 Å². The van der Waals surface area contributed by atoms with Crippen LogP contribution < -0.4 is 21.3 Å². The number of nitrogens with zero attached hydrogens (tertiary/aromatic N) is 3. The minimum atomic E-state index is -0.272. The van der Waals surface area contributed by atoms with Crippen LogP contribution in [0.2, 0.25) is 0 Å². The molecule has 2 aromatic heterocycles. The van der Waals surface area contributed by atoms with Gasteiger partial charge in [0, 0.05) is 48.8 Å². The lowest BCUT2D eigenvalue weighted by Crippen LogP contribution is -2.32. The minimum Gasteiger partial charge on any atom is -0.355 e. The van der Waals surface area contributed by atoms with Crippen LogP contribution in [0.5, 0.6) is 0 Å². The van der Waals surface area contributed by atoms with Crippen LogP contribution in [0.15, 0.2) is 48.8 Å². The Hall–Kier alpha value is -3.59. The molecule has 4 N–H and O–H groups in total. The maximum atomic E-state index is 12.2. The summed E-state index contributed by atoms with van der Waals surface area (Å²) in [6.45, 7) is 7.86. The second-order valence-electron chi connectivity index (χ2n) is 7.33. The first kappa shape index (κ1) is 23.1. The van der Waals surface area contributed by atoms with E-state index >= 15 is 0 Å². The summed E-state index contributed by atoms with van der Waals surface area (Å²) in [5.74, 6) is 0.461. The number of pyridine rings is 1. The van der Waals surface area contributed by atoms with E-state index in [1.54, 1.807) is 30.1 Å². The van der Waals surface area contributed by atoms with Crippen LogP contribution in [0.4, 0.5) is 26.8 Å². The molecule has 3 rings (SSSR count). The molecule has 0 aliphatic heterocycles. The van der Waals surface area contributed by atoms with Gasteiger partial charge in [-0.05, 0) is 56.4 Å². The Labute approximate surface area is 188 Å². The van der Waals surface area contributed by atoms with Crippen molar-refractivity contribution in [2.24, 2.45) is 0 Å². The smallest absolute Gasteiger partial charge is 0.325 e. The summed E-state index contributed by atoms with van der Waals surface area (Å²) in [5.41, 5.74) is 2.48. The fraction of sp³-hybridized carbons (Fsp3) is 0.348. The Bertz CT molecular complexity index is 1060. The molecule has 0 bridgehead atoms. The SMILES string of the molecule is CCN(CC)CCCNC(=O)Nc1cc(Nc2ccc3c(ccn3C(=O)NC)c2)ccn1. The van der Waals surface area contributed by atoms with Gasteiger partial charge >= 0.3 is 12.1 Å². The van der Waals surface area contributed by atoms with Crippen LogP contribution in [0.1, 0.15) is 20.3 Å². The molecule has 170 valence electrons. The number of hydrogen-bond donors (Lipinski definition) is 4. The molecule has 3 aromatic rings. The second-order valence-corrected chi connectivity index (χ2v) is 7.33. The van der Waals surface area contributed by atoms with E-state index in [1.807, 2.05) is 30.3 Å². The fourth-order valence-corrected chi connectivity index (χ4v) is 3.47. The summed E-state index contributed by atoms with van der Waals surface area (Å²) < 4.78 is 1.56. The van der Waals surface area contributed by atoms with Crippen LogP contribution >= 0.6 is 0 Å². The fourth-order valence-electron chi connectivity index (χ4n) is 3.47. The molecular formula is C23H31N7O2. The maximum absolute atomic E-state index is 12.2. The first-order chi connectivity index (χ1) is 15.5. The quantitative estimate of drug-likeness (QED) is 0.381. The number of benzene rings is 1. The summed E-state index contributed by atoms with van der Waals surface area (Å²) >= 11 is 0. The molecule has 0 fully saturated rings. The van der Waals surface area contributed by atoms with Crippen molar-refractivity contribution in [1.82, 2.24) is 25.1 Å². The van der Waals surface area contributed by atoms with Gasteiger partial charge < -0.3 is 20.9 Å². The molecule has 0 radical (unpaired) electrons. The van der Waals surface area contributed by atoms with E-state index in [2.05, 4.69) is 45.0 Å². The van der Waals surface area contributed by atoms with Crippen molar-refractivity contribution in [3.8, 4) is 0 Å². The van der Waals surface area contributed by atoms with Crippen LogP contribution in [0, 0.1) is 0 Å². The van der Waals surface area contributed by atoms with Gasteiger partial charge in [0.1, 0.15) is 5.82 Å². The molecule has 0 spiro atoms. The Kier molecular flexibility index (Phi) is 8.04. The summed E-state index contributed by atoms with van der Waals surface area (Å²) in [6, 6.07) is 10.8. The standard InChI is InChI=1S/C23H31N7O2/c1-4-29(5-2)13-6-11-26-22(31)28-21-16-19(9-12-25-21)27-18-7-8-20-17(15-18)10-14-30(20)23(32)24-3/h7-10,12,14-16H,4-6,11,13H2,1-3H3,(H,24,32)(H3,25,26,27,28,31). The molecule has 0 saturated carbocycles. The van der Waals surface area contributed by atoms with Crippen molar-refractivity contribution in [3.05, 3.63) is 48.8 Å². The second kappa shape index (κ2) is 11.1. The predicted molar refractivity (Wildman–Crippen MR) is 129 cm³/mol. The Morgan fingerprint density at radius 1 is 1.06 bits per heavy atom. The largest absolute Gasteiger partial charge is 0.355 e. The topological polar surface area (TPSA) is 103 Å². The van der Waals surface area contributed by atoms with E-state index in [9.17, 15) is 9.59 Å². The van der Waals surface area contributed by atoms with Gasteiger partial charge in [0.15, 0.2) is 0 Å². The molecule has 1 aromatic carbocycles. The van der Waals surface area contributed by atoms with E-state index in [0.29, 0.717) is 12.4 Å².